The van der Waals surface area contributed by atoms with Crippen LogP contribution in [0, 0.1) is 11.6 Å². The molecule has 2 aromatic carbocycles. The predicted octanol–water partition coefficient (Wildman–Crippen LogP) is 4.50. The number of nitrogens with one attached hydrogen (secondary N) is 1. The summed E-state index contributed by atoms with van der Waals surface area (Å²) in [6, 6.07) is 10.4. The summed E-state index contributed by atoms with van der Waals surface area (Å²) < 4.78 is 37.3. The Kier molecular flexibility index (Phi) is 4.57. The number of amides is 1. The van der Waals surface area contributed by atoms with E-state index >= 15 is 0 Å². The van der Waals surface area contributed by atoms with Crippen molar-refractivity contribution in [2.24, 2.45) is 0 Å². The zero-order valence-electron chi connectivity index (χ0n) is 12.9. The van der Waals surface area contributed by atoms with Crippen LogP contribution >= 0.6 is 0 Å². The van der Waals surface area contributed by atoms with E-state index in [0.717, 1.165) is 17.5 Å². The van der Waals surface area contributed by atoms with Crippen LogP contribution in [0.1, 0.15) is 23.0 Å². The monoisotopic (exact) mass is 331 g/mol. The van der Waals surface area contributed by atoms with Gasteiger partial charge >= 0.3 is 0 Å². The molecule has 1 amide bonds. The molecule has 3 aromatic rings. The molecule has 1 heterocycles. The van der Waals surface area contributed by atoms with Crippen molar-refractivity contribution in [2.75, 3.05) is 11.9 Å². The Morgan fingerprint density at radius 2 is 1.96 bits per heavy atom. The van der Waals surface area contributed by atoms with Gasteiger partial charge in [-0.05, 0) is 25.1 Å². The molecular formula is C18H15F2NO3. The van der Waals surface area contributed by atoms with Crippen LogP contribution in [0.3, 0.4) is 0 Å². The fourth-order valence-corrected chi connectivity index (χ4v) is 2.39. The minimum absolute atomic E-state index is 0.0920. The normalized spacial score (nSPS) is 11.0. The third kappa shape index (κ3) is 3.14. The van der Waals surface area contributed by atoms with Gasteiger partial charge in [-0.15, -0.1) is 0 Å². The van der Waals surface area contributed by atoms with Gasteiger partial charge < -0.3 is 14.5 Å². The number of rotatable bonds is 5. The average Bonchev–Trinajstić information content (AvgIpc) is 2.95. The lowest BCUT2D eigenvalue weighted by atomic mass is 10.1. The molecule has 1 N–H and O–H groups in total. The summed E-state index contributed by atoms with van der Waals surface area (Å²) in [5.41, 5.74) is 1.32. The molecule has 0 aliphatic rings. The van der Waals surface area contributed by atoms with E-state index in [1.807, 2.05) is 19.1 Å². The second-order valence-electron chi connectivity index (χ2n) is 5.13. The summed E-state index contributed by atoms with van der Waals surface area (Å²) in [5.74, 6) is -2.47. The lowest BCUT2D eigenvalue weighted by Crippen LogP contribution is -2.13. The third-order valence-electron chi connectivity index (χ3n) is 3.53. The zero-order chi connectivity index (χ0) is 17.1. The van der Waals surface area contributed by atoms with Crippen LogP contribution in [0.25, 0.3) is 11.0 Å². The number of ether oxygens (including phenoxy) is 1. The Labute approximate surface area is 137 Å². The van der Waals surface area contributed by atoms with E-state index in [4.69, 9.17) is 9.15 Å². The number of anilines is 1. The number of benzene rings is 2. The number of furan rings is 1. The maximum absolute atomic E-state index is 13.3. The number of carbonyl (C=O) groups excluding carboxylic acids is 1. The van der Waals surface area contributed by atoms with Gasteiger partial charge in [-0.25, -0.2) is 8.78 Å². The molecule has 4 nitrogen and oxygen atoms in total. The topological polar surface area (TPSA) is 51.5 Å². The standard InChI is InChI=1S/C18H15F2NO3/c1-2-23-10-13-12-5-3-4-6-16(12)24-17(13)18(22)21-11-7-8-14(19)15(20)9-11/h3-9H,2,10H2,1H3,(H,21,22). The van der Waals surface area contributed by atoms with Crippen LogP contribution in [-0.2, 0) is 11.3 Å². The molecule has 0 fully saturated rings. The summed E-state index contributed by atoms with van der Waals surface area (Å²) in [6.45, 7) is 2.56. The highest BCUT2D eigenvalue weighted by Crippen LogP contribution is 2.27. The van der Waals surface area contributed by atoms with E-state index in [0.29, 0.717) is 17.8 Å². The third-order valence-corrected chi connectivity index (χ3v) is 3.53. The summed E-state index contributed by atoms with van der Waals surface area (Å²) in [5, 5.41) is 3.29. The summed E-state index contributed by atoms with van der Waals surface area (Å²) in [7, 11) is 0. The van der Waals surface area contributed by atoms with Crippen LogP contribution in [0.5, 0.6) is 0 Å². The molecule has 0 spiro atoms. The lowest BCUT2D eigenvalue weighted by Gasteiger charge is -2.06. The molecule has 124 valence electrons. The van der Waals surface area contributed by atoms with Gasteiger partial charge in [0.1, 0.15) is 5.58 Å². The first-order valence-electron chi connectivity index (χ1n) is 7.44. The van der Waals surface area contributed by atoms with E-state index in [1.165, 1.54) is 6.07 Å². The summed E-state index contributed by atoms with van der Waals surface area (Å²) >= 11 is 0. The Hall–Kier alpha value is -2.73. The number of halogens is 2. The van der Waals surface area contributed by atoms with Crippen molar-refractivity contribution >= 4 is 22.6 Å². The van der Waals surface area contributed by atoms with Crippen LogP contribution < -0.4 is 5.32 Å². The molecule has 0 unspecified atom stereocenters. The second-order valence-corrected chi connectivity index (χ2v) is 5.13. The Balaban J connectivity index is 1.94. The molecule has 24 heavy (non-hydrogen) atoms. The molecular weight excluding hydrogens is 316 g/mol. The fraction of sp³-hybridized carbons (Fsp3) is 0.167. The van der Waals surface area contributed by atoms with Gasteiger partial charge in [0.05, 0.1) is 6.61 Å². The van der Waals surface area contributed by atoms with E-state index in [9.17, 15) is 13.6 Å². The minimum atomic E-state index is -1.04. The number of hydrogen-bond acceptors (Lipinski definition) is 3. The van der Waals surface area contributed by atoms with E-state index in [1.54, 1.807) is 12.1 Å². The highest BCUT2D eigenvalue weighted by Gasteiger charge is 2.21. The van der Waals surface area contributed by atoms with Crippen molar-refractivity contribution < 1.29 is 22.7 Å². The Morgan fingerprint density at radius 1 is 1.17 bits per heavy atom. The van der Waals surface area contributed by atoms with Crippen LogP contribution in [-0.4, -0.2) is 12.5 Å². The van der Waals surface area contributed by atoms with Crippen molar-refractivity contribution in [2.45, 2.75) is 13.5 Å². The smallest absolute Gasteiger partial charge is 0.291 e. The van der Waals surface area contributed by atoms with Crippen LogP contribution in [0.2, 0.25) is 0 Å². The second kappa shape index (κ2) is 6.80. The maximum Gasteiger partial charge on any atom is 0.291 e. The average molecular weight is 331 g/mol. The highest BCUT2D eigenvalue weighted by atomic mass is 19.2. The Bertz CT molecular complexity index is 889. The van der Waals surface area contributed by atoms with Crippen molar-refractivity contribution in [3.8, 4) is 0 Å². The van der Waals surface area contributed by atoms with Gasteiger partial charge in [0.2, 0.25) is 0 Å². The summed E-state index contributed by atoms with van der Waals surface area (Å²) in [6.07, 6.45) is 0. The number of para-hydroxylation sites is 1. The molecule has 0 aliphatic heterocycles. The number of fused-ring (bicyclic) bond motifs is 1. The van der Waals surface area contributed by atoms with Crippen molar-refractivity contribution in [1.82, 2.24) is 0 Å². The number of carbonyl (C=O) groups is 1. The molecule has 3 rings (SSSR count). The van der Waals surface area contributed by atoms with E-state index < -0.39 is 17.5 Å². The predicted molar refractivity (Wildman–Crippen MR) is 85.9 cm³/mol. The number of hydrogen-bond donors (Lipinski definition) is 1. The SMILES string of the molecule is CCOCc1c(C(=O)Nc2ccc(F)c(F)c2)oc2ccccc12. The zero-order valence-corrected chi connectivity index (χ0v) is 12.9. The minimum Gasteiger partial charge on any atom is -0.451 e. The maximum atomic E-state index is 13.3. The van der Waals surface area contributed by atoms with Gasteiger partial charge in [-0.1, -0.05) is 18.2 Å². The van der Waals surface area contributed by atoms with E-state index in [-0.39, 0.29) is 18.1 Å². The Morgan fingerprint density at radius 3 is 2.71 bits per heavy atom. The van der Waals surface area contributed by atoms with Crippen molar-refractivity contribution in [3.63, 3.8) is 0 Å². The van der Waals surface area contributed by atoms with Gasteiger partial charge in [-0.2, -0.15) is 0 Å². The molecule has 0 aliphatic carbocycles. The van der Waals surface area contributed by atoms with Crippen LogP contribution in [0.15, 0.2) is 46.9 Å². The molecule has 0 atom stereocenters. The van der Waals surface area contributed by atoms with Gasteiger partial charge in [-0.3, -0.25) is 4.79 Å². The van der Waals surface area contributed by atoms with Crippen molar-refractivity contribution in [3.05, 3.63) is 65.4 Å². The highest BCUT2D eigenvalue weighted by molar-refractivity contribution is 6.06. The molecule has 6 heteroatoms. The van der Waals surface area contributed by atoms with E-state index in [2.05, 4.69) is 5.32 Å². The summed E-state index contributed by atoms with van der Waals surface area (Å²) in [4.78, 5) is 12.5. The lowest BCUT2D eigenvalue weighted by molar-refractivity contribution is 0.0984. The first-order valence-corrected chi connectivity index (χ1v) is 7.44. The van der Waals surface area contributed by atoms with Gasteiger partial charge in [0, 0.05) is 29.3 Å². The molecule has 0 saturated heterocycles. The largest absolute Gasteiger partial charge is 0.451 e. The molecule has 0 saturated carbocycles. The first-order chi connectivity index (χ1) is 11.6. The fourth-order valence-electron chi connectivity index (χ4n) is 2.39. The van der Waals surface area contributed by atoms with Crippen molar-refractivity contribution in [1.29, 1.82) is 0 Å². The van der Waals surface area contributed by atoms with Gasteiger partial charge in [0.15, 0.2) is 17.4 Å². The van der Waals surface area contributed by atoms with Gasteiger partial charge in [0.25, 0.3) is 5.91 Å². The molecule has 0 bridgehead atoms. The quantitative estimate of drug-likeness (QED) is 0.749. The molecule has 1 aromatic heterocycles. The van der Waals surface area contributed by atoms with Crippen LogP contribution in [0.4, 0.5) is 14.5 Å². The molecule has 0 radical (unpaired) electrons. The first kappa shape index (κ1) is 16.1.